The minimum atomic E-state index is -0.264. The maximum Gasteiger partial charge on any atom is 0.129 e. The molecule has 0 bridgehead atoms. The van der Waals surface area contributed by atoms with Crippen LogP contribution in [0.2, 0.25) is 5.02 Å². The monoisotopic (exact) mass is 257 g/mol. The molecule has 1 unspecified atom stereocenters. The third-order valence-corrected chi connectivity index (χ3v) is 3.58. The molecule has 0 spiro atoms. The molecule has 4 heteroatoms. The molecule has 1 aromatic rings. The van der Waals surface area contributed by atoms with E-state index in [9.17, 15) is 9.50 Å². The minimum absolute atomic E-state index is 0.148. The standard InChI is InChI=1S/C13H17ClFNO/c14-11-5-4-10(13(15)7-11)8-16-6-2-1-3-12(16)9-17/h4-5,7,12,17H,1-3,6,8-9H2. The van der Waals surface area contributed by atoms with Crippen molar-refractivity contribution in [2.75, 3.05) is 13.2 Å². The predicted molar refractivity (Wildman–Crippen MR) is 66.5 cm³/mol. The Labute approximate surface area is 106 Å². The number of piperidine rings is 1. The minimum Gasteiger partial charge on any atom is -0.395 e. The highest BCUT2D eigenvalue weighted by Crippen LogP contribution is 2.22. The lowest BCUT2D eigenvalue weighted by atomic mass is 10.0. The van der Waals surface area contributed by atoms with Gasteiger partial charge in [0.1, 0.15) is 5.82 Å². The molecule has 0 saturated carbocycles. The van der Waals surface area contributed by atoms with Gasteiger partial charge in [-0.25, -0.2) is 4.39 Å². The molecule has 1 aromatic carbocycles. The Kier molecular flexibility index (Phi) is 4.37. The van der Waals surface area contributed by atoms with E-state index in [0.717, 1.165) is 25.8 Å². The lowest BCUT2D eigenvalue weighted by Crippen LogP contribution is -2.41. The van der Waals surface area contributed by atoms with Crippen molar-refractivity contribution in [1.29, 1.82) is 0 Å². The van der Waals surface area contributed by atoms with Crippen LogP contribution in [0.4, 0.5) is 4.39 Å². The summed E-state index contributed by atoms with van der Waals surface area (Å²) < 4.78 is 13.7. The van der Waals surface area contributed by atoms with E-state index in [2.05, 4.69) is 4.90 Å². The number of hydrogen-bond acceptors (Lipinski definition) is 2. The molecule has 17 heavy (non-hydrogen) atoms. The summed E-state index contributed by atoms with van der Waals surface area (Å²) in [5.74, 6) is -0.264. The Morgan fingerprint density at radius 1 is 1.41 bits per heavy atom. The van der Waals surface area contributed by atoms with E-state index in [1.807, 2.05) is 0 Å². The first kappa shape index (κ1) is 12.8. The molecule has 1 saturated heterocycles. The van der Waals surface area contributed by atoms with Gasteiger partial charge in [-0.1, -0.05) is 24.1 Å². The molecule has 0 aromatic heterocycles. The van der Waals surface area contributed by atoms with Gasteiger partial charge in [0, 0.05) is 23.2 Å². The summed E-state index contributed by atoms with van der Waals surface area (Å²) in [6.45, 7) is 1.62. The molecule has 94 valence electrons. The second-order valence-corrected chi connectivity index (χ2v) is 4.97. The molecular weight excluding hydrogens is 241 g/mol. The molecule has 1 N–H and O–H groups in total. The van der Waals surface area contributed by atoms with E-state index in [0.29, 0.717) is 17.1 Å². The molecule has 1 aliphatic heterocycles. The first-order valence-corrected chi connectivity index (χ1v) is 6.37. The average molecular weight is 258 g/mol. The van der Waals surface area contributed by atoms with E-state index in [1.165, 1.54) is 6.07 Å². The summed E-state index contributed by atoms with van der Waals surface area (Å²) in [4.78, 5) is 2.15. The number of halogens is 2. The second kappa shape index (κ2) is 5.80. The van der Waals surface area contributed by atoms with Crippen molar-refractivity contribution in [1.82, 2.24) is 4.90 Å². The number of aliphatic hydroxyl groups excluding tert-OH is 1. The number of benzene rings is 1. The van der Waals surface area contributed by atoms with Gasteiger partial charge in [0.05, 0.1) is 6.61 Å². The zero-order valence-corrected chi connectivity index (χ0v) is 10.5. The van der Waals surface area contributed by atoms with Crippen LogP contribution in [0.1, 0.15) is 24.8 Å². The van der Waals surface area contributed by atoms with Gasteiger partial charge in [-0.3, -0.25) is 4.90 Å². The van der Waals surface area contributed by atoms with Crippen molar-refractivity contribution < 1.29 is 9.50 Å². The fourth-order valence-corrected chi connectivity index (χ4v) is 2.50. The van der Waals surface area contributed by atoms with Gasteiger partial charge >= 0.3 is 0 Å². The van der Waals surface area contributed by atoms with Crippen molar-refractivity contribution in [2.24, 2.45) is 0 Å². The largest absolute Gasteiger partial charge is 0.395 e. The summed E-state index contributed by atoms with van der Waals surface area (Å²) in [7, 11) is 0. The third-order valence-electron chi connectivity index (χ3n) is 3.35. The van der Waals surface area contributed by atoms with E-state index >= 15 is 0 Å². The van der Waals surface area contributed by atoms with Crippen LogP contribution in [0.5, 0.6) is 0 Å². The molecule has 1 fully saturated rings. The molecule has 1 heterocycles. The van der Waals surface area contributed by atoms with Crippen molar-refractivity contribution in [3.63, 3.8) is 0 Å². The fraction of sp³-hybridized carbons (Fsp3) is 0.538. The van der Waals surface area contributed by atoms with E-state index < -0.39 is 0 Å². The van der Waals surface area contributed by atoms with Crippen LogP contribution in [-0.4, -0.2) is 29.2 Å². The van der Waals surface area contributed by atoms with Gasteiger partial charge < -0.3 is 5.11 Å². The van der Waals surface area contributed by atoms with Crippen LogP contribution in [0.15, 0.2) is 18.2 Å². The summed E-state index contributed by atoms with van der Waals surface area (Å²) in [6, 6.07) is 4.94. The lowest BCUT2D eigenvalue weighted by molar-refractivity contribution is 0.0832. The fourth-order valence-electron chi connectivity index (χ4n) is 2.34. The first-order chi connectivity index (χ1) is 8.20. The smallest absolute Gasteiger partial charge is 0.129 e. The number of hydrogen-bond donors (Lipinski definition) is 1. The van der Waals surface area contributed by atoms with Gasteiger partial charge in [0.2, 0.25) is 0 Å². The first-order valence-electron chi connectivity index (χ1n) is 5.99. The predicted octanol–water partition coefficient (Wildman–Crippen LogP) is 2.83. The normalized spacial score (nSPS) is 21.7. The molecule has 0 radical (unpaired) electrons. The van der Waals surface area contributed by atoms with E-state index in [4.69, 9.17) is 11.6 Å². The van der Waals surface area contributed by atoms with Crippen LogP contribution in [-0.2, 0) is 6.54 Å². The highest BCUT2D eigenvalue weighted by atomic mass is 35.5. The molecule has 0 amide bonds. The number of nitrogens with zero attached hydrogens (tertiary/aromatic N) is 1. The van der Waals surface area contributed by atoms with E-state index in [1.54, 1.807) is 12.1 Å². The summed E-state index contributed by atoms with van der Waals surface area (Å²) in [5.41, 5.74) is 0.648. The SMILES string of the molecule is OCC1CCCCN1Cc1ccc(Cl)cc1F. The van der Waals surface area contributed by atoms with Crippen LogP contribution in [0.3, 0.4) is 0 Å². The topological polar surface area (TPSA) is 23.5 Å². The Balaban J connectivity index is 2.08. The molecule has 2 nitrogen and oxygen atoms in total. The maximum atomic E-state index is 13.7. The van der Waals surface area contributed by atoms with Gasteiger partial charge in [-0.05, 0) is 31.5 Å². The molecule has 1 aliphatic rings. The molecule has 0 aliphatic carbocycles. The highest BCUT2D eigenvalue weighted by molar-refractivity contribution is 6.30. The van der Waals surface area contributed by atoms with E-state index in [-0.39, 0.29) is 18.5 Å². The Morgan fingerprint density at radius 2 is 2.24 bits per heavy atom. The van der Waals surface area contributed by atoms with Crippen molar-refractivity contribution in [3.8, 4) is 0 Å². The van der Waals surface area contributed by atoms with Crippen molar-refractivity contribution >= 4 is 11.6 Å². The molecule has 2 rings (SSSR count). The van der Waals surface area contributed by atoms with Crippen molar-refractivity contribution in [3.05, 3.63) is 34.6 Å². The summed E-state index contributed by atoms with van der Waals surface area (Å²) >= 11 is 5.72. The van der Waals surface area contributed by atoms with Gasteiger partial charge in [0.15, 0.2) is 0 Å². The zero-order chi connectivity index (χ0) is 12.3. The number of likely N-dealkylation sites (tertiary alicyclic amines) is 1. The van der Waals surface area contributed by atoms with Crippen molar-refractivity contribution in [2.45, 2.75) is 31.8 Å². The Morgan fingerprint density at radius 3 is 2.94 bits per heavy atom. The van der Waals surface area contributed by atoms with Gasteiger partial charge in [-0.2, -0.15) is 0 Å². The molecule has 1 atom stereocenters. The zero-order valence-electron chi connectivity index (χ0n) is 9.70. The number of aliphatic hydroxyl groups is 1. The highest BCUT2D eigenvalue weighted by Gasteiger charge is 2.22. The maximum absolute atomic E-state index is 13.7. The molecular formula is C13H17ClFNO. The average Bonchev–Trinajstić information content (AvgIpc) is 2.33. The quantitative estimate of drug-likeness (QED) is 0.900. The Hall–Kier alpha value is -0.640. The third kappa shape index (κ3) is 3.18. The number of rotatable bonds is 3. The second-order valence-electron chi connectivity index (χ2n) is 4.54. The van der Waals surface area contributed by atoms with Crippen LogP contribution in [0, 0.1) is 5.82 Å². The van der Waals surface area contributed by atoms with Gasteiger partial charge in [0.25, 0.3) is 0 Å². The summed E-state index contributed by atoms with van der Waals surface area (Å²) in [6.07, 6.45) is 3.25. The Bertz CT molecular complexity index is 386. The van der Waals surface area contributed by atoms with Crippen LogP contribution < -0.4 is 0 Å². The van der Waals surface area contributed by atoms with Crippen LogP contribution in [0.25, 0.3) is 0 Å². The van der Waals surface area contributed by atoms with Crippen LogP contribution >= 0.6 is 11.6 Å². The summed E-state index contributed by atoms with van der Waals surface area (Å²) in [5, 5.41) is 9.72. The van der Waals surface area contributed by atoms with Gasteiger partial charge in [-0.15, -0.1) is 0 Å². The lowest BCUT2D eigenvalue weighted by Gasteiger charge is -2.34.